The van der Waals surface area contributed by atoms with Crippen LogP contribution in [0.2, 0.25) is 0 Å². The van der Waals surface area contributed by atoms with Crippen LogP contribution < -0.4 is 10.6 Å². The predicted molar refractivity (Wildman–Crippen MR) is 80.5 cm³/mol. The molecule has 0 aliphatic carbocycles. The fraction of sp³-hybridized carbons (Fsp3) is 0.571. The van der Waals surface area contributed by atoms with Crippen LogP contribution >= 0.6 is 15.9 Å². The van der Waals surface area contributed by atoms with E-state index in [1.54, 1.807) is 6.07 Å². The minimum absolute atomic E-state index is 0.253. The van der Waals surface area contributed by atoms with E-state index < -0.39 is 0 Å². The van der Waals surface area contributed by atoms with E-state index in [0.717, 1.165) is 44.5 Å². The van der Waals surface area contributed by atoms with E-state index in [2.05, 4.69) is 34.7 Å². The second-order valence-corrected chi connectivity index (χ2v) is 5.37. The van der Waals surface area contributed by atoms with Crippen LogP contribution in [0.5, 0.6) is 0 Å². The van der Waals surface area contributed by atoms with Gasteiger partial charge in [0, 0.05) is 19.2 Å². The standard InChI is InChI=1S/C14H22BrFN2/c1-3-5-7-18(8-6-4-2)14-10-12(16)11(15)9-13(14)17/h9-10H,3-8,17H2,1-2H3. The molecule has 0 atom stereocenters. The lowest BCUT2D eigenvalue weighted by Crippen LogP contribution is -2.26. The van der Waals surface area contributed by atoms with E-state index in [9.17, 15) is 4.39 Å². The van der Waals surface area contributed by atoms with Crippen LogP contribution in [0.4, 0.5) is 15.8 Å². The van der Waals surface area contributed by atoms with Gasteiger partial charge in [-0.15, -0.1) is 0 Å². The van der Waals surface area contributed by atoms with Gasteiger partial charge in [0.1, 0.15) is 5.82 Å². The van der Waals surface area contributed by atoms with Gasteiger partial charge in [-0.25, -0.2) is 4.39 Å². The summed E-state index contributed by atoms with van der Waals surface area (Å²) in [4.78, 5) is 2.19. The van der Waals surface area contributed by atoms with Crippen molar-refractivity contribution in [2.24, 2.45) is 0 Å². The molecule has 0 unspecified atom stereocenters. The second-order valence-electron chi connectivity index (χ2n) is 4.52. The average Bonchev–Trinajstić information content (AvgIpc) is 2.35. The van der Waals surface area contributed by atoms with Crippen molar-refractivity contribution in [3.63, 3.8) is 0 Å². The summed E-state index contributed by atoms with van der Waals surface area (Å²) in [6.45, 7) is 6.18. The van der Waals surface area contributed by atoms with Crippen LogP contribution in [0.15, 0.2) is 16.6 Å². The van der Waals surface area contributed by atoms with Crippen molar-refractivity contribution in [3.8, 4) is 0 Å². The molecular weight excluding hydrogens is 295 g/mol. The number of nitrogens with zero attached hydrogens (tertiary/aromatic N) is 1. The molecule has 0 amide bonds. The highest BCUT2D eigenvalue weighted by Crippen LogP contribution is 2.30. The molecule has 0 saturated carbocycles. The average molecular weight is 317 g/mol. The SMILES string of the molecule is CCCCN(CCCC)c1cc(F)c(Br)cc1N. The third-order valence-corrected chi connectivity index (χ3v) is 3.58. The maximum Gasteiger partial charge on any atom is 0.139 e. The third-order valence-electron chi connectivity index (χ3n) is 2.97. The Labute approximate surface area is 117 Å². The van der Waals surface area contributed by atoms with Crippen molar-refractivity contribution in [1.82, 2.24) is 0 Å². The number of halogens is 2. The quantitative estimate of drug-likeness (QED) is 0.746. The number of hydrogen-bond acceptors (Lipinski definition) is 2. The minimum atomic E-state index is -0.253. The number of unbranched alkanes of at least 4 members (excludes halogenated alkanes) is 2. The molecule has 1 rings (SSSR count). The fourth-order valence-corrected chi connectivity index (χ4v) is 2.24. The summed E-state index contributed by atoms with van der Waals surface area (Å²) < 4.78 is 14.1. The lowest BCUT2D eigenvalue weighted by atomic mass is 10.2. The van der Waals surface area contributed by atoms with Crippen molar-refractivity contribution in [1.29, 1.82) is 0 Å². The van der Waals surface area contributed by atoms with Crippen LogP contribution in [0, 0.1) is 5.82 Å². The first-order valence-corrected chi connectivity index (χ1v) is 7.38. The molecule has 0 saturated heterocycles. The molecule has 102 valence electrons. The zero-order chi connectivity index (χ0) is 13.5. The summed E-state index contributed by atoms with van der Waals surface area (Å²) in [5.41, 5.74) is 7.45. The number of anilines is 2. The first kappa shape index (κ1) is 15.3. The van der Waals surface area contributed by atoms with Crippen LogP contribution in [0.25, 0.3) is 0 Å². The first-order valence-electron chi connectivity index (χ1n) is 6.59. The summed E-state index contributed by atoms with van der Waals surface area (Å²) in [6.07, 6.45) is 4.45. The first-order chi connectivity index (χ1) is 8.60. The lowest BCUT2D eigenvalue weighted by molar-refractivity contribution is 0.617. The van der Waals surface area contributed by atoms with Crippen molar-refractivity contribution in [2.45, 2.75) is 39.5 Å². The maximum atomic E-state index is 13.6. The monoisotopic (exact) mass is 316 g/mol. The smallest absolute Gasteiger partial charge is 0.139 e. The molecule has 18 heavy (non-hydrogen) atoms. The van der Waals surface area contributed by atoms with Crippen LogP contribution in [0.1, 0.15) is 39.5 Å². The molecule has 1 aromatic carbocycles. The van der Waals surface area contributed by atoms with Gasteiger partial charge in [-0.3, -0.25) is 0 Å². The minimum Gasteiger partial charge on any atom is -0.397 e. The lowest BCUT2D eigenvalue weighted by Gasteiger charge is -2.26. The van der Waals surface area contributed by atoms with Crippen LogP contribution in [-0.4, -0.2) is 13.1 Å². The molecule has 0 aliphatic heterocycles. The fourth-order valence-electron chi connectivity index (χ4n) is 1.88. The van der Waals surface area contributed by atoms with Crippen molar-refractivity contribution < 1.29 is 4.39 Å². The number of hydrogen-bond donors (Lipinski definition) is 1. The van der Waals surface area contributed by atoms with Gasteiger partial charge < -0.3 is 10.6 Å². The second kappa shape index (κ2) is 7.62. The van der Waals surface area contributed by atoms with E-state index in [0.29, 0.717) is 10.2 Å². The van der Waals surface area contributed by atoms with Gasteiger partial charge in [-0.05, 0) is 34.8 Å². The Morgan fingerprint density at radius 2 is 1.72 bits per heavy atom. The number of nitrogen functional groups attached to an aromatic ring is 1. The van der Waals surface area contributed by atoms with E-state index in [1.165, 1.54) is 6.07 Å². The normalized spacial score (nSPS) is 10.7. The van der Waals surface area contributed by atoms with Gasteiger partial charge in [0.05, 0.1) is 15.8 Å². The molecule has 0 aromatic heterocycles. The molecule has 0 spiro atoms. The zero-order valence-corrected chi connectivity index (χ0v) is 12.8. The van der Waals surface area contributed by atoms with Gasteiger partial charge in [-0.1, -0.05) is 26.7 Å². The van der Waals surface area contributed by atoms with Crippen LogP contribution in [0.3, 0.4) is 0 Å². The third kappa shape index (κ3) is 4.16. The summed E-state index contributed by atoms with van der Waals surface area (Å²) in [5, 5.41) is 0. The highest BCUT2D eigenvalue weighted by atomic mass is 79.9. The molecule has 4 heteroatoms. The number of nitrogens with two attached hydrogens (primary N) is 1. The molecule has 0 bridgehead atoms. The van der Waals surface area contributed by atoms with E-state index in [4.69, 9.17) is 5.73 Å². The van der Waals surface area contributed by atoms with Crippen molar-refractivity contribution in [2.75, 3.05) is 23.7 Å². The van der Waals surface area contributed by atoms with Crippen molar-refractivity contribution >= 4 is 27.3 Å². The van der Waals surface area contributed by atoms with E-state index >= 15 is 0 Å². The molecule has 2 nitrogen and oxygen atoms in total. The van der Waals surface area contributed by atoms with E-state index in [1.807, 2.05) is 0 Å². The predicted octanol–water partition coefficient (Wildman–Crippen LogP) is 4.58. The molecule has 0 radical (unpaired) electrons. The summed E-state index contributed by atoms with van der Waals surface area (Å²) in [5.74, 6) is -0.253. The highest BCUT2D eigenvalue weighted by Gasteiger charge is 2.12. The Balaban J connectivity index is 2.92. The molecule has 0 heterocycles. The molecular formula is C14H22BrFN2. The summed E-state index contributed by atoms with van der Waals surface area (Å²) >= 11 is 3.16. The van der Waals surface area contributed by atoms with Gasteiger partial charge in [0.15, 0.2) is 0 Å². The number of benzene rings is 1. The zero-order valence-electron chi connectivity index (χ0n) is 11.2. The number of rotatable bonds is 7. The largest absolute Gasteiger partial charge is 0.397 e. The van der Waals surface area contributed by atoms with Gasteiger partial charge >= 0.3 is 0 Å². The highest BCUT2D eigenvalue weighted by molar-refractivity contribution is 9.10. The molecule has 0 fully saturated rings. The maximum absolute atomic E-state index is 13.6. The van der Waals surface area contributed by atoms with Gasteiger partial charge in [0.25, 0.3) is 0 Å². The Kier molecular flexibility index (Phi) is 6.47. The molecule has 0 aliphatic rings. The topological polar surface area (TPSA) is 29.3 Å². The summed E-state index contributed by atoms with van der Waals surface area (Å²) in [7, 11) is 0. The Morgan fingerprint density at radius 1 is 1.17 bits per heavy atom. The van der Waals surface area contributed by atoms with E-state index in [-0.39, 0.29) is 5.82 Å². The Hall–Kier alpha value is -0.770. The summed E-state index contributed by atoms with van der Waals surface area (Å²) in [6, 6.07) is 3.18. The van der Waals surface area contributed by atoms with Crippen LogP contribution in [-0.2, 0) is 0 Å². The molecule has 2 N–H and O–H groups in total. The van der Waals surface area contributed by atoms with Crippen molar-refractivity contribution in [3.05, 3.63) is 22.4 Å². The Bertz CT molecular complexity index is 374. The molecule has 1 aromatic rings. The van der Waals surface area contributed by atoms with Gasteiger partial charge in [-0.2, -0.15) is 0 Å². The van der Waals surface area contributed by atoms with Gasteiger partial charge in [0.2, 0.25) is 0 Å². The Morgan fingerprint density at radius 3 is 2.22 bits per heavy atom.